The Hall–Kier alpha value is -3.20. The SMILES string of the molecule is COc1cccc(NC(=O)/C(C#N)=C/c2ccc(-c3cccc(Cl)c3Cl)o2)c1. The van der Waals surface area contributed by atoms with Crippen LogP contribution in [-0.2, 0) is 4.79 Å². The smallest absolute Gasteiger partial charge is 0.266 e. The lowest BCUT2D eigenvalue weighted by Gasteiger charge is -2.06. The van der Waals surface area contributed by atoms with E-state index < -0.39 is 5.91 Å². The quantitative estimate of drug-likeness (QED) is 0.423. The maximum atomic E-state index is 12.4. The van der Waals surface area contributed by atoms with Gasteiger partial charge < -0.3 is 14.5 Å². The summed E-state index contributed by atoms with van der Waals surface area (Å²) in [4.78, 5) is 12.4. The van der Waals surface area contributed by atoms with Gasteiger partial charge in [-0.05, 0) is 36.4 Å². The van der Waals surface area contributed by atoms with Gasteiger partial charge in [-0.25, -0.2) is 0 Å². The van der Waals surface area contributed by atoms with E-state index in [1.807, 2.05) is 6.07 Å². The molecule has 5 nitrogen and oxygen atoms in total. The summed E-state index contributed by atoms with van der Waals surface area (Å²) in [6.45, 7) is 0. The number of ether oxygens (including phenoxy) is 1. The molecular weight excluding hydrogens is 399 g/mol. The van der Waals surface area contributed by atoms with Gasteiger partial charge in [0, 0.05) is 23.4 Å². The Bertz CT molecular complexity index is 1100. The van der Waals surface area contributed by atoms with Crippen molar-refractivity contribution in [3.63, 3.8) is 0 Å². The van der Waals surface area contributed by atoms with Crippen molar-refractivity contribution in [1.82, 2.24) is 0 Å². The third kappa shape index (κ3) is 4.37. The Morgan fingerprint density at radius 1 is 1.18 bits per heavy atom. The topological polar surface area (TPSA) is 75.3 Å². The fraction of sp³-hybridized carbons (Fsp3) is 0.0476. The molecule has 2 aromatic carbocycles. The average molecular weight is 413 g/mol. The molecule has 3 rings (SSSR count). The molecule has 0 bridgehead atoms. The van der Waals surface area contributed by atoms with Crippen LogP contribution in [-0.4, -0.2) is 13.0 Å². The summed E-state index contributed by atoms with van der Waals surface area (Å²) in [7, 11) is 1.53. The van der Waals surface area contributed by atoms with Gasteiger partial charge in [0.1, 0.15) is 28.9 Å². The van der Waals surface area contributed by atoms with Crippen molar-refractivity contribution in [3.8, 4) is 23.1 Å². The summed E-state index contributed by atoms with van der Waals surface area (Å²) in [6.07, 6.45) is 1.36. The number of amides is 1. The number of halogens is 2. The molecule has 0 aliphatic rings. The Kier molecular flexibility index (Phi) is 6.05. The average Bonchev–Trinajstić information content (AvgIpc) is 3.16. The first-order valence-corrected chi connectivity index (χ1v) is 8.89. The third-order valence-corrected chi connectivity index (χ3v) is 4.64. The largest absolute Gasteiger partial charge is 0.497 e. The second-order valence-electron chi connectivity index (χ2n) is 5.66. The van der Waals surface area contributed by atoms with Crippen molar-refractivity contribution in [1.29, 1.82) is 5.26 Å². The summed E-state index contributed by atoms with van der Waals surface area (Å²) in [5, 5.41) is 12.8. The molecule has 1 heterocycles. The maximum absolute atomic E-state index is 12.4. The Balaban J connectivity index is 1.83. The van der Waals surface area contributed by atoms with E-state index in [2.05, 4.69) is 5.32 Å². The second-order valence-corrected chi connectivity index (χ2v) is 6.44. The first kappa shape index (κ1) is 19.6. The van der Waals surface area contributed by atoms with Gasteiger partial charge in [0.2, 0.25) is 0 Å². The fourth-order valence-electron chi connectivity index (χ4n) is 2.46. The minimum absolute atomic E-state index is 0.110. The van der Waals surface area contributed by atoms with Crippen LogP contribution in [0.3, 0.4) is 0 Å². The Morgan fingerprint density at radius 2 is 1.96 bits per heavy atom. The molecule has 0 unspecified atom stereocenters. The molecule has 3 aromatic rings. The molecule has 0 fully saturated rings. The molecule has 0 aliphatic carbocycles. The van der Waals surface area contributed by atoms with Gasteiger partial charge in [0.15, 0.2) is 0 Å². The van der Waals surface area contributed by atoms with Crippen molar-refractivity contribution >= 4 is 40.9 Å². The van der Waals surface area contributed by atoms with E-state index in [-0.39, 0.29) is 5.57 Å². The summed E-state index contributed by atoms with van der Waals surface area (Å²) in [5.74, 6) is 0.844. The van der Waals surface area contributed by atoms with Crippen LogP contribution in [0.2, 0.25) is 10.0 Å². The van der Waals surface area contributed by atoms with Gasteiger partial charge in [-0.15, -0.1) is 0 Å². The minimum Gasteiger partial charge on any atom is -0.497 e. The van der Waals surface area contributed by atoms with Crippen molar-refractivity contribution in [3.05, 3.63) is 76.0 Å². The van der Waals surface area contributed by atoms with Gasteiger partial charge >= 0.3 is 0 Å². The first-order chi connectivity index (χ1) is 13.5. The van der Waals surface area contributed by atoms with Crippen LogP contribution in [0.4, 0.5) is 5.69 Å². The number of methoxy groups -OCH3 is 1. The van der Waals surface area contributed by atoms with Crippen LogP contribution in [0.15, 0.2) is 64.6 Å². The summed E-state index contributed by atoms with van der Waals surface area (Å²) in [6, 6.07) is 17.2. The van der Waals surface area contributed by atoms with Gasteiger partial charge in [-0.3, -0.25) is 4.79 Å². The molecule has 0 atom stereocenters. The standard InChI is InChI=1S/C21H14Cl2N2O3/c1-27-15-5-2-4-14(11-15)25-21(26)13(12-24)10-16-8-9-19(28-16)17-6-3-7-18(22)20(17)23/h2-11H,1H3,(H,25,26)/b13-10+. The van der Waals surface area contributed by atoms with Crippen LogP contribution >= 0.6 is 23.2 Å². The molecule has 0 spiro atoms. The highest BCUT2D eigenvalue weighted by atomic mass is 35.5. The van der Waals surface area contributed by atoms with E-state index >= 15 is 0 Å². The van der Waals surface area contributed by atoms with Gasteiger partial charge in [-0.2, -0.15) is 5.26 Å². The molecule has 1 aromatic heterocycles. The summed E-state index contributed by atoms with van der Waals surface area (Å²) in [5.41, 5.74) is 1.02. The Morgan fingerprint density at radius 3 is 2.71 bits per heavy atom. The number of hydrogen-bond donors (Lipinski definition) is 1. The van der Waals surface area contributed by atoms with Crippen molar-refractivity contribution in [2.75, 3.05) is 12.4 Å². The van der Waals surface area contributed by atoms with Gasteiger partial charge in [0.25, 0.3) is 5.91 Å². The number of benzene rings is 2. The van der Waals surface area contributed by atoms with Crippen molar-refractivity contribution in [2.24, 2.45) is 0 Å². The number of hydrogen-bond acceptors (Lipinski definition) is 4. The number of nitrogens with zero attached hydrogens (tertiary/aromatic N) is 1. The molecule has 0 saturated carbocycles. The molecule has 1 amide bonds. The lowest BCUT2D eigenvalue weighted by molar-refractivity contribution is -0.112. The zero-order chi connectivity index (χ0) is 20.1. The van der Waals surface area contributed by atoms with Crippen molar-refractivity contribution < 1.29 is 13.9 Å². The molecule has 0 radical (unpaired) electrons. The predicted molar refractivity (Wildman–Crippen MR) is 109 cm³/mol. The monoisotopic (exact) mass is 412 g/mol. The highest BCUT2D eigenvalue weighted by Gasteiger charge is 2.13. The number of nitriles is 1. The summed E-state index contributed by atoms with van der Waals surface area (Å²) >= 11 is 12.2. The fourth-order valence-corrected chi connectivity index (χ4v) is 2.85. The summed E-state index contributed by atoms with van der Waals surface area (Å²) < 4.78 is 10.8. The second kappa shape index (κ2) is 8.66. The zero-order valence-electron chi connectivity index (χ0n) is 14.7. The number of nitrogens with one attached hydrogen (secondary N) is 1. The predicted octanol–water partition coefficient (Wildman–Crippen LogP) is 5.81. The Labute approximate surface area is 171 Å². The van der Waals surface area contributed by atoms with E-state index in [1.54, 1.807) is 54.6 Å². The van der Waals surface area contributed by atoms with Gasteiger partial charge in [0.05, 0.1) is 17.2 Å². The molecule has 0 aliphatic heterocycles. The first-order valence-electron chi connectivity index (χ1n) is 8.13. The van der Waals surface area contributed by atoms with E-state index in [0.717, 1.165) is 0 Å². The zero-order valence-corrected chi connectivity index (χ0v) is 16.2. The maximum Gasteiger partial charge on any atom is 0.266 e. The van der Waals surface area contributed by atoms with Crippen LogP contribution in [0.25, 0.3) is 17.4 Å². The number of anilines is 1. The molecule has 7 heteroatoms. The van der Waals surface area contributed by atoms with E-state index in [9.17, 15) is 10.1 Å². The van der Waals surface area contributed by atoms with Crippen LogP contribution in [0.5, 0.6) is 5.75 Å². The van der Waals surface area contributed by atoms with E-state index in [0.29, 0.717) is 38.6 Å². The van der Waals surface area contributed by atoms with Crippen LogP contribution in [0, 0.1) is 11.3 Å². The van der Waals surface area contributed by atoms with Crippen molar-refractivity contribution in [2.45, 2.75) is 0 Å². The number of furan rings is 1. The highest BCUT2D eigenvalue weighted by molar-refractivity contribution is 6.43. The number of carbonyl (C=O) groups excluding carboxylic acids is 1. The van der Waals surface area contributed by atoms with E-state index in [1.165, 1.54) is 13.2 Å². The third-order valence-electron chi connectivity index (χ3n) is 3.82. The van der Waals surface area contributed by atoms with Crippen LogP contribution in [0.1, 0.15) is 5.76 Å². The number of carbonyl (C=O) groups is 1. The van der Waals surface area contributed by atoms with E-state index in [4.69, 9.17) is 32.4 Å². The lowest BCUT2D eigenvalue weighted by atomic mass is 10.2. The molecule has 1 N–H and O–H groups in total. The number of rotatable bonds is 5. The molecular formula is C21H14Cl2N2O3. The highest BCUT2D eigenvalue weighted by Crippen LogP contribution is 2.34. The lowest BCUT2D eigenvalue weighted by Crippen LogP contribution is -2.13. The molecule has 28 heavy (non-hydrogen) atoms. The molecule has 140 valence electrons. The normalized spacial score (nSPS) is 11.0. The van der Waals surface area contributed by atoms with Gasteiger partial charge in [-0.1, -0.05) is 35.3 Å². The molecule has 0 saturated heterocycles. The van der Waals surface area contributed by atoms with Crippen LogP contribution < -0.4 is 10.1 Å². The minimum atomic E-state index is -0.561.